The lowest BCUT2D eigenvalue weighted by Gasteiger charge is -1.97. The molecule has 1 rings (SSSR count). The molecule has 0 aliphatic rings. The molecule has 0 amide bonds. The first kappa shape index (κ1) is 10.9. The van der Waals surface area contributed by atoms with Crippen molar-refractivity contribution in [1.29, 1.82) is 0 Å². The fourth-order valence-corrected chi connectivity index (χ4v) is 3.23. The van der Waals surface area contributed by atoms with E-state index in [9.17, 15) is 8.42 Å². The van der Waals surface area contributed by atoms with Gasteiger partial charge in [-0.25, -0.2) is 8.42 Å². The lowest BCUT2D eigenvalue weighted by Crippen LogP contribution is -1.98. The van der Waals surface area contributed by atoms with E-state index in [1.54, 1.807) is 12.1 Å². The number of hydrogen-bond donors (Lipinski definition) is 0. The highest BCUT2D eigenvalue weighted by atomic mass is 79.9. The van der Waals surface area contributed by atoms with Gasteiger partial charge in [0.1, 0.15) is 0 Å². The highest BCUT2D eigenvalue weighted by Crippen LogP contribution is 2.15. The molecular weight excluding hydrogens is 292 g/mol. The van der Waals surface area contributed by atoms with Crippen LogP contribution in [0.5, 0.6) is 0 Å². The van der Waals surface area contributed by atoms with Crippen LogP contribution >= 0.6 is 15.9 Å². The summed E-state index contributed by atoms with van der Waals surface area (Å²) in [6.07, 6.45) is 0. The zero-order valence-electron chi connectivity index (χ0n) is 6.31. The number of hydrogen-bond acceptors (Lipinski definition) is 3. The molecule has 1 aromatic rings. The quantitative estimate of drug-likeness (QED) is 0.741. The van der Waals surface area contributed by atoms with E-state index in [1.165, 1.54) is 12.1 Å². The third-order valence-corrected chi connectivity index (χ3v) is 6.62. The zero-order chi connectivity index (χ0) is 10.1. The summed E-state index contributed by atoms with van der Waals surface area (Å²) < 4.78 is 23.6. The van der Waals surface area contributed by atoms with Gasteiger partial charge in [0.25, 0.3) is 8.87 Å². The van der Waals surface area contributed by atoms with Gasteiger partial charge < -0.3 is 0 Å². The predicted molar refractivity (Wildman–Crippen MR) is 61.0 cm³/mol. The number of benzene rings is 1. The van der Waals surface area contributed by atoms with Gasteiger partial charge in [-0.1, -0.05) is 21.6 Å². The Morgan fingerprint density at radius 3 is 2.15 bits per heavy atom. The van der Waals surface area contributed by atoms with E-state index >= 15 is 0 Å². The molecule has 0 atom stereocenters. The van der Waals surface area contributed by atoms with E-state index in [0.717, 1.165) is 4.47 Å². The van der Waals surface area contributed by atoms with E-state index in [1.807, 2.05) is 0 Å². The predicted octanol–water partition coefficient (Wildman–Crippen LogP) is 1.81. The van der Waals surface area contributed by atoms with Gasteiger partial charge in [-0.05, 0) is 43.3 Å². The molecule has 1 aromatic carbocycles. The molecule has 0 aliphatic carbocycles. The number of rotatable bonds is 1. The van der Waals surface area contributed by atoms with Crippen molar-refractivity contribution in [2.24, 2.45) is 0 Å². The molecule has 0 saturated heterocycles. The van der Waals surface area contributed by atoms with Gasteiger partial charge >= 0.3 is 0 Å². The Morgan fingerprint density at radius 1 is 1.31 bits per heavy atom. The fourth-order valence-electron chi connectivity index (χ4n) is 0.696. The van der Waals surface area contributed by atoms with Gasteiger partial charge in [-0.3, -0.25) is 0 Å². The lowest BCUT2D eigenvalue weighted by atomic mass is 10.4. The molecule has 13 heavy (non-hydrogen) atoms. The maximum atomic E-state index is 11.4. The van der Waals surface area contributed by atoms with Crippen molar-refractivity contribution >= 4 is 43.9 Å². The second kappa shape index (κ2) is 3.94. The van der Waals surface area contributed by atoms with Crippen LogP contribution in [0.1, 0.15) is 0 Å². The van der Waals surface area contributed by atoms with Crippen LogP contribution < -0.4 is 0 Å². The molecule has 2 nitrogen and oxygen atoms in total. The summed E-state index contributed by atoms with van der Waals surface area (Å²) in [7, 11) is -5.04. The fraction of sp³-hybridized carbons (Fsp3) is 0. The molecule has 0 unspecified atom stereocenters. The van der Waals surface area contributed by atoms with Gasteiger partial charge in [0.15, 0.2) is 0 Å². The second-order valence-corrected chi connectivity index (χ2v) is 9.09. The Bertz CT molecular complexity index is 525. The standard InChI is InChI=1S/C7H5BrO2S3/c1-12(11)13(9,10)7-4-2-6(8)3-5-7/h1-5H. The van der Waals surface area contributed by atoms with Gasteiger partial charge in [0, 0.05) is 4.47 Å². The third kappa shape index (κ3) is 2.42. The molecule has 0 bridgehead atoms. The van der Waals surface area contributed by atoms with Crippen LogP contribution in [0.2, 0.25) is 0 Å². The van der Waals surface area contributed by atoms with Gasteiger partial charge in [-0.2, -0.15) is 0 Å². The van der Waals surface area contributed by atoms with Crippen molar-refractivity contribution < 1.29 is 8.42 Å². The minimum absolute atomic E-state index is 0.163. The first-order valence-corrected chi connectivity index (χ1v) is 8.12. The van der Waals surface area contributed by atoms with E-state index in [-0.39, 0.29) is 4.90 Å². The summed E-state index contributed by atoms with van der Waals surface area (Å²) in [6, 6.07) is 6.21. The Morgan fingerprint density at radius 2 is 1.77 bits per heavy atom. The van der Waals surface area contributed by atoms with E-state index in [4.69, 9.17) is 5.69 Å². The van der Waals surface area contributed by atoms with Crippen LogP contribution in [0.4, 0.5) is 0 Å². The van der Waals surface area contributed by atoms with Gasteiger partial charge in [0.2, 0.25) is 0 Å². The minimum atomic E-state index is -3.49. The average Bonchev–Trinajstić information content (AvgIpc) is 2.04. The van der Waals surface area contributed by atoms with Crippen molar-refractivity contribution in [3.8, 4) is 5.69 Å². The number of halogens is 1. The molecule has 70 valence electrons. The van der Waals surface area contributed by atoms with Crippen LogP contribution in [0.25, 0.3) is 0 Å². The molecule has 6 heteroatoms. The third-order valence-electron chi connectivity index (χ3n) is 1.32. The van der Waals surface area contributed by atoms with Crippen molar-refractivity contribution in [3.05, 3.63) is 28.7 Å². The summed E-state index contributed by atoms with van der Waals surface area (Å²) in [6.45, 7) is 0. The van der Waals surface area contributed by atoms with Crippen molar-refractivity contribution in [2.45, 2.75) is 4.90 Å². The van der Waals surface area contributed by atoms with E-state index < -0.39 is 16.8 Å². The summed E-state index contributed by atoms with van der Waals surface area (Å²) in [5.74, 6) is 0. The van der Waals surface area contributed by atoms with Crippen LogP contribution in [0.15, 0.2) is 33.6 Å². The Labute approximate surface area is 91.2 Å². The summed E-state index contributed by atoms with van der Waals surface area (Å²) in [5.41, 5.74) is 5.18. The Kier molecular flexibility index (Phi) is 3.32. The lowest BCUT2D eigenvalue weighted by molar-refractivity contribution is 0.610. The largest absolute Gasteiger partial charge is 0.255 e. The Hall–Kier alpha value is -0.130. The maximum Gasteiger partial charge on any atom is 0.255 e. The van der Waals surface area contributed by atoms with Crippen molar-refractivity contribution in [3.63, 3.8) is 0 Å². The van der Waals surface area contributed by atoms with Gasteiger partial charge in [0.05, 0.1) is 4.90 Å². The molecule has 0 fully saturated rings. The summed E-state index contributed by atoms with van der Waals surface area (Å²) in [5, 5.41) is 0. The zero-order valence-corrected chi connectivity index (χ0v) is 10.3. The van der Waals surface area contributed by atoms with Crippen LogP contribution in [0, 0.1) is 5.69 Å². The molecule has 0 spiro atoms. The summed E-state index contributed by atoms with van der Waals surface area (Å²) >= 11 is 7.74. The molecule has 0 aromatic heterocycles. The Balaban J connectivity index is 3.36. The van der Waals surface area contributed by atoms with E-state index in [0.29, 0.717) is 0 Å². The summed E-state index contributed by atoms with van der Waals surface area (Å²) in [4.78, 5) is 0.163. The van der Waals surface area contributed by atoms with Crippen molar-refractivity contribution in [2.75, 3.05) is 0 Å². The molecule has 0 heterocycles. The highest BCUT2D eigenvalue weighted by Gasteiger charge is 2.11. The van der Waals surface area contributed by atoms with Gasteiger partial charge in [-0.15, -0.1) is 0 Å². The molecule has 0 N–H and O–H groups in total. The smallest absolute Gasteiger partial charge is 0.208 e. The molecular formula is C7H5BrO2S3. The van der Waals surface area contributed by atoms with Crippen LogP contribution in [-0.4, -0.2) is 8.42 Å². The minimum Gasteiger partial charge on any atom is -0.208 e. The monoisotopic (exact) mass is 296 g/mol. The van der Waals surface area contributed by atoms with Crippen molar-refractivity contribution in [1.82, 2.24) is 0 Å². The topological polar surface area (TPSA) is 34.1 Å². The second-order valence-electron chi connectivity index (χ2n) is 2.17. The van der Waals surface area contributed by atoms with Crippen LogP contribution in [-0.2, 0) is 28.0 Å². The first-order valence-electron chi connectivity index (χ1n) is 3.12. The van der Waals surface area contributed by atoms with E-state index in [2.05, 4.69) is 27.1 Å². The first-order chi connectivity index (χ1) is 5.94. The highest BCUT2D eigenvalue weighted by molar-refractivity contribution is 9.10. The SMILES string of the molecule is C#S(=S)S(=O)(=O)c1ccc(Br)cc1. The molecule has 0 saturated carbocycles. The molecule has 0 radical (unpaired) electrons. The maximum absolute atomic E-state index is 11.4. The normalized spacial score (nSPS) is 11.1. The average molecular weight is 297 g/mol. The van der Waals surface area contributed by atoms with Crippen LogP contribution in [0.3, 0.4) is 0 Å². The molecule has 0 aliphatic heterocycles.